The average Bonchev–Trinajstić information content (AvgIpc) is 2.48. The number of benzene rings is 1. The summed E-state index contributed by atoms with van der Waals surface area (Å²) in [6.07, 6.45) is 3.34. The first-order valence-electron chi connectivity index (χ1n) is 6.16. The number of carbonyl (C=O) groups excluding carboxylic acids is 1. The summed E-state index contributed by atoms with van der Waals surface area (Å²) in [5.74, 6) is -0.793. The highest BCUT2D eigenvalue weighted by molar-refractivity contribution is 5.94. The predicted molar refractivity (Wildman–Crippen MR) is 73.1 cm³/mol. The van der Waals surface area contributed by atoms with Crippen molar-refractivity contribution in [2.75, 3.05) is 7.11 Å². The molecule has 1 aromatic heterocycles. The largest absolute Gasteiger partial charge is 0.494 e. The Labute approximate surface area is 116 Å². The van der Waals surface area contributed by atoms with Crippen LogP contribution in [0.4, 0.5) is 4.39 Å². The summed E-state index contributed by atoms with van der Waals surface area (Å²) in [6.45, 7) is 1.84. The molecule has 1 heterocycles. The first-order chi connectivity index (χ1) is 9.61. The van der Waals surface area contributed by atoms with E-state index in [1.54, 1.807) is 18.5 Å². The Hall–Kier alpha value is -2.43. The highest BCUT2D eigenvalue weighted by atomic mass is 19.1. The molecule has 0 aliphatic heterocycles. The van der Waals surface area contributed by atoms with Crippen LogP contribution in [-0.2, 0) is 0 Å². The second-order valence-electron chi connectivity index (χ2n) is 4.33. The Morgan fingerprint density at radius 1 is 1.40 bits per heavy atom. The van der Waals surface area contributed by atoms with Crippen LogP contribution in [0.15, 0.2) is 42.7 Å². The molecular formula is C15H15FN2O2. The molecule has 4 nitrogen and oxygen atoms in total. The number of carbonyl (C=O) groups is 1. The Balaban J connectivity index is 2.10. The normalized spacial score (nSPS) is 11.8. The monoisotopic (exact) mass is 274 g/mol. The van der Waals surface area contributed by atoms with Crippen LogP contribution in [0.5, 0.6) is 5.75 Å². The molecule has 1 atom stereocenters. The third-order valence-corrected chi connectivity index (χ3v) is 2.95. The molecule has 0 aliphatic rings. The molecule has 1 aromatic carbocycles. The van der Waals surface area contributed by atoms with Crippen molar-refractivity contribution < 1.29 is 13.9 Å². The number of hydrogen-bond donors (Lipinski definition) is 1. The van der Waals surface area contributed by atoms with Gasteiger partial charge in [0.15, 0.2) is 11.6 Å². The van der Waals surface area contributed by atoms with Crippen molar-refractivity contribution in [3.63, 3.8) is 0 Å². The molecule has 0 aliphatic carbocycles. The molecule has 0 saturated heterocycles. The van der Waals surface area contributed by atoms with Crippen molar-refractivity contribution in [1.29, 1.82) is 0 Å². The van der Waals surface area contributed by atoms with Gasteiger partial charge in [-0.05, 0) is 36.8 Å². The maximum absolute atomic E-state index is 13.6. The molecule has 0 saturated carbocycles. The number of aromatic nitrogens is 1. The third-order valence-electron chi connectivity index (χ3n) is 2.95. The minimum atomic E-state index is -0.561. The van der Waals surface area contributed by atoms with Crippen molar-refractivity contribution in [2.45, 2.75) is 13.0 Å². The smallest absolute Gasteiger partial charge is 0.251 e. The molecule has 2 rings (SSSR count). The van der Waals surface area contributed by atoms with Crippen LogP contribution in [0.1, 0.15) is 28.9 Å². The molecule has 1 N–H and O–H groups in total. The minimum Gasteiger partial charge on any atom is -0.494 e. The van der Waals surface area contributed by atoms with E-state index in [9.17, 15) is 9.18 Å². The van der Waals surface area contributed by atoms with E-state index in [2.05, 4.69) is 10.3 Å². The Bertz CT molecular complexity index is 602. The fourth-order valence-electron chi connectivity index (χ4n) is 1.80. The van der Waals surface area contributed by atoms with Gasteiger partial charge < -0.3 is 10.1 Å². The highest BCUT2D eigenvalue weighted by Crippen LogP contribution is 2.18. The first-order valence-corrected chi connectivity index (χ1v) is 6.16. The number of nitrogens with one attached hydrogen (secondary N) is 1. The van der Waals surface area contributed by atoms with Gasteiger partial charge in [0.1, 0.15) is 0 Å². The second kappa shape index (κ2) is 6.14. The molecule has 0 bridgehead atoms. The van der Waals surface area contributed by atoms with Gasteiger partial charge in [0, 0.05) is 18.0 Å². The SMILES string of the molecule is COc1ccc(C(=O)N[C@@H](C)c2cccnc2)cc1F. The molecule has 0 fully saturated rings. The van der Waals surface area contributed by atoms with Crippen molar-refractivity contribution in [3.05, 3.63) is 59.7 Å². The number of methoxy groups -OCH3 is 1. The second-order valence-corrected chi connectivity index (χ2v) is 4.33. The molecule has 0 unspecified atom stereocenters. The number of ether oxygens (including phenoxy) is 1. The summed E-state index contributed by atoms with van der Waals surface area (Å²) in [5, 5.41) is 2.79. The van der Waals surface area contributed by atoms with Gasteiger partial charge in [-0.25, -0.2) is 4.39 Å². The van der Waals surface area contributed by atoms with E-state index in [1.807, 2.05) is 13.0 Å². The van der Waals surface area contributed by atoms with Crippen molar-refractivity contribution >= 4 is 5.91 Å². The van der Waals surface area contributed by atoms with Gasteiger partial charge >= 0.3 is 0 Å². The zero-order valence-corrected chi connectivity index (χ0v) is 11.3. The average molecular weight is 274 g/mol. The number of hydrogen-bond acceptors (Lipinski definition) is 3. The van der Waals surface area contributed by atoms with Gasteiger partial charge in [-0.2, -0.15) is 0 Å². The lowest BCUT2D eigenvalue weighted by atomic mass is 10.1. The Morgan fingerprint density at radius 3 is 2.80 bits per heavy atom. The molecule has 104 valence electrons. The molecule has 1 amide bonds. The maximum Gasteiger partial charge on any atom is 0.251 e. The zero-order valence-electron chi connectivity index (χ0n) is 11.3. The summed E-state index contributed by atoms with van der Waals surface area (Å²) < 4.78 is 18.4. The van der Waals surface area contributed by atoms with E-state index in [0.717, 1.165) is 11.6 Å². The van der Waals surface area contributed by atoms with Crippen LogP contribution in [0.2, 0.25) is 0 Å². The summed E-state index contributed by atoms with van der Waals surface area (Å²) >= 11 is 0. The molecule has 2 aromatic rings. The van der Waals surface area contributed by atoms with Crippen LogP contribution in [0.25, 0.3) is 0 Å². The van der Waals surface area contributed by atoms with Crippen LogP contribution in [0, 0.1) is 5.82 Å². The summed E-state index contributed by atoms with van der Waals surface area (Å²) in [7, 11) is 1.38. The Kier molecular flexibility index (Phi) is 4.30. The van der Waals surface area contributed by atoms with E-state index >= 15 is 0 Å². The standard InChI is InChI=1S/C15H15FN2O2/c1-10(12-4-3-7-17-9-12)18-15(19)11-5-6-14(20-2)13(16)8-11/h3-10H,1-2H3,(H,18,19)/t10-/m0/s1. The van der Waals surface area contributed by atoms with E-state index in [-0.39, 0.29) is 23.3 Å². The van der Waals surface area contributed by atoms with Crippen LogP contribution >= 0.6 is 0 Å². The number of pyridine rings is 1. The van der Waals surface area contributed by atoms with Crippen LogP contribution in [-0.4, -0.2) is 18.0 Å². The highest BCUT2D eigenvalue weighted by Gasteiger charge is 2.13. The number of nitrogens with zero attached hydrogens (tertiary/aromatic N) is 1. The van der Waals surface area contributed by atoms with Crippen LogP contribution in [0.3, 0.4) is 0 Å². The molecule has 5 heteroatoms. The predicted octanol–water partition coefficient (Wildman–Crippen LogP) is 2.72. The van der Waals surface area contributed by atoms with Crippen molar-refractivity contribution in [3.8, 4) is 5.75 Å². The Morgan fingerprint density at radius 2 is 2.20 bits per heavy atom. The fraction of sp³-hybridized carbons (Fsp3) is 0.200. The summed E-state index contributed by atoms with van der Waals surface area (Å²) in [5.41, 5.74) is 1.13. The lowest BCUT2D eigenvalue weighted by molar-refractivity contribution is 0.0939. The van der Waals surface area contributed by atoms with Gasteiger partial charge in [-0.3, -0.25) is 9.78 Å². The van der Waals surface area contributed by atoms with Gasteiger partial charge in [-0.1, -0.05) is 6.07 Å². The first kappa shape index (κ1) is 14.0. The van der Waals surface area contributed by atoms with Gasteiger partial charge in [0.25, 0.3) is 5.91 Å². The molecule has 20 heavy (non-hydrogen) atoms. The summed E-state index contributed by atoms with van der Waals surface area (Å²) in [6, 6.07) is 7.56. The number of amides is 1. The zero-order chi connectivity index (χ0) is 14.5. The lowest BCUT2D eigenvalue weighted by Crippen LogP contribution is -2.26. The molecule has 0 radical (unpaired) electrons. The van der Waals surface area contributed by atoms with Gasteiger partial charge in [0.2, 0.25) is 0 Å². The van der Waals surface area contributed by atoms with Crippen molar-refractivity contribution in [1.82, 2.24) is 10.3 Å². The minimum absolute atomic E-state index is 0.113. The van der Waals surface area contributed by atoms with Gasteiger partial charge in [-0.15, -0.1) is 0 Å². The third kappa shape index (κ3) is 3.12. The maximum atomic E-state index is 13.6. The molecule has 0 spiro atoms. The van der Waals surface area contributed by atoms with Crippen molar-refractivity contribution in [2.24, 2.45) is 0 Å². The van der Waals surface area contributed by atoms with E-state index in [4.69, 9.17) is 4.74 Å². The van der Waals surface area contributed by atoms with E-state index in [0.29, 0.717) is 0 Å². The fourth-order valence-corrected chi connectivity index (χ4v) is 1.80. The quantitative estimate of drug-likeness (QED) is 0.932. The summed E-state index contributed by atoms with van der Waals surface area (Å²) in [4.78, 5) is 16.0. The topological polar surface area (TPSA) is 51.2 Å². The molecular weight excluding hydrogens is 259 g/mol. The van der Waals surface area contributed by atoms with Gasteiger partial charge in [0.05, 0.1) is 13.2 Å². The lowest BCUT2D eigenvalue weighted by Gasteiger charge is -2.14. The van der Waals surface area contributed by atoms with E-state index in [1.165, 1.54) is 19.2 Å². The van der Waals surface area contributed by atoms with Crippen LogP contribution < -0.4 is 10.1 Å². The number of halogens is 1. The van der Waals surface area contributed by atoms with E-state index < -0.39 is 5.82 Å². The number of rotatable bonds is 4.